The quantitative estimate of drug-likeness (QED) is 0.440. The van der Waals surface area contributed by atoms with Gasteiger partial charge in [-0.1, -0.05) is 0 Å². The number of aliphatic hydroxyl groups is 1. The predicted octanol–water partition coefficient (Wildman–Crippen LogP) is 0.817. The molecular weight excluding hydrogens is 210 g/mol. The molecule has 0 aliphatic rings. The van der Waals surface area contributed by atoms with Crippen LogP contribution in [0.2, 0.25) is 0 Å². The summed E-state index contributed by atoms with van der Waals surface area (Å²) >= 11 is 0. The number of nitrogen functional groups attached to an aromatic ring is 1. The molecule has 0 unspecified atom stereocenters. The SMILES string of the molecule is COc1cc(N)ccc1C(=O)OCCCO. The minimum absolute atomic E-state index is 0.00778. The van der Waals surface area contributed by atoms with Crippen LogP contribution < -0.4 is 10.5 Å². The number of benzene rings is 1. The van der Waals surface area contributed by atoms with Crippen molar-refractivity contribution in [2.45, 2.75) is 6.42 Å². The van der Waals surface area contributed by atoms with Crippen LogP contribution in [0.25, 0.3) is 0 Å². The maximum atomic E-state index is 11.6. The van der Waals surface area contributed by atoms with E-state index in [9.17, 15) is 4.79 Å². The number of anilines is 1. The lowest BCUT2D eigenvalue weighted by molar-refractivity contribution is 0.0478. The summed E-state index contributed by atoms with van der Waals surface area (Å²) in [5, 5.41) is 8.55. The van der Waals surface area contributed by atoms with Crippen LogP contribution in [-0.4, -0.2) is 31.4 Å². The van der Waals surface area contributed by atoms with Crippen LogP contribution in [0.15, 0.2) is 18.2 Å². The van der Waals surface area contributed by atoms with Crippen LogP contribution in [0.4, 0.5) is 5.69 Å². The third-order valence-electron chi connectivity index (χ3n) is 1.98. The first kappa shape index (κ1) is 12.3. The molecule has 0 atom stereocenters. The molecule has 0 bridgehead atoms. The third-order valence-corrected chi connectivity index (χ3v) is 1.98. The molecule has 0 aliphatic heterocycles. The largest absolute Gasteiger partial charge is 0.496 e. The molecule has 5 nitrogen and oxygen atoms in total. The first-order chi connectivity index (χ1) is 7.69. The number of hydrogen-bond acceptors (Lipinski definition) is 5. The fourth-order valence-corrected chi connectivity index (χ4v) is 1.18. The molecule has 1 rings (SSSR count). The van der Waals surface area contributed by atoms with Crippen LogP contribution in [-0.2, 0) is 4.74 Å². The van der Waals surface area contributed by atoms with Crippen LogP contribution in [0.1, 0.15) is 16.8 Å². The Morgan fingerprint density at radius 2 is 2.25 bits per heavy atom. The number of hydrogen-bond donors (Lipinski definition) is 2. The fourth-order valence-electron chi connectivity index (χ4n) is 1.18. The van der Waals surface area contributed by atoms with Gasteiger partial charge in [-0.2, -0.15) is 0 Å². The third kappa shape index (κ3) is 3.13. The molecule has 16 heavy (non-hydrogen) atoms. The minimum Gasteiger partial charge on any atom is -0.496 e. The number of nitrogens with two attached hydrogens (primary N) is 1. The van der Waals surface area contributed by atoms with Gasteiger partial charge in [-0.15, -0.1) is 0 Å². The number of esters is 1. The average molecular weight is 225 g/mol. The smallest absolute Gasteiger partial charge is 0.341 e. The van der Waals surface area contributed by atoms with Gasteiger partial charge < -0.3 is 20.3 Å². The van der Waals surface area contributed by atoms with Crippen LogP contribution >= 0.6 is 0 Å². The second-order valence-corrected chi connectivity index (χ2v) is 3.17. The van der Waals surface area contributed by atoms with Gasteiger partial charge in [-0.05, 0) is 12.1 Å². The topological polar surface area (TPSA) is 81.8 Å². The van der Waals surface area contributed by atoms with Crippen LogP contribution in [0.5, 0.6) is 5.75 Å². The predicted molar refractivity (Wildman–Crippen MR) is 59.4 cm³/mol. The summed E-state index contributed by atoms with van der Waals surface area (Å²) in [6.45, 7) is 0.176. The Morgan fingerprint density at radius 1 is 1.50 bits per heavy atom. The van der Waals surface area contributed by atoms with Crippen LogP contribution in [0, 0.1) is 0 Å². The molecule has 0 aliphatic carbocycles. The Bertz CT molecular complexity index is 365. The van der Waals surface area contributed by atoms with Crippen molar-refractivity contribution in [1.29, 1.82) is 0 Å². The molecule has 1 aromatic rings. The Morgan fingerprint density at radius 3 is 2.88 bits per heavy atom. The molecular formula is C11H15NO4. The van der Waals surface area contributed by atoms with Crippen molar-refractivity contribution in [3.05, 3.63) is 23.8 Å². The van der Waals surface area contributed by atoms with Gasteiger partial charge in [0.2, 0.25) is 0 Å². The van der Waals surface area contributed by atoms with Gasteiger partial charge in [0.1, 0.15) is 11.3 Å². The van der Waals surface area contributed by atoms with E-state index in [1.165, 1.54) is 7.11 Å². The lowest BCUT2D eigenvalue weighted by Crippen LogP contribution is -2.09. The van der Waals surface area contributed by atoms with Gasteiger partial charge in [-0.3, -0.25) is 0 Å². The van der Waals surface area contributed by atoms with E-state index < -0.39 is 5.97 Å². The number of rotatable bonds is 5. The van der Waals surface area contributed by atoms with Gasteiger partial charge >= 0.3 is 5.97 Å². The summed E-state index contributed by atoms with van der Waals surface area (Å²) < 4.78 is 9.95. The second kappa shape index (κ2) is 5.97. The monoisotopic (exact) mass is 225 g/mol. The first-order valence-corrected chi connectivity index (χ1v) is 4.90. The average Bonchev–Trinajstić information content (AvgIpc) is 2.29. The highest BCUT2D eigenvalue weighted by atomic mass is 16.5. The summed E-state index contributed by atoms with van der Waals surface area (Å²) in [4.78, 5) is 11.6. The van der Waals surface area contributed by atoms with E-state index in [1.54, 1.807) is 18.2 Å². The lowest BCUT2D eigenvalue weighted by Gasteiger charge is -2.08. The highest BCUT2D eigenvalue weighted by Crippen LogP contribution is 2.22. The molecule has 0 amide bonds. The second-order valence-electron chi connectivity index (χ2n) is 3.17. The van der Waals surface area contributed by atoms with Crippen molar-refractivity contribution < 1.29 is 19.4 Å². The van der Waals surface area contributed by atoms with E-state index in [0.29, 0.717) is 23.4 Å². The van der Waals surface area contributed by atoms with Crippen molar-refractivity contribution in [2.24, 2.45) is 0 Å². The number of ether oxygens (including phenoxy) is 2. The molecule has 1 aromatic carbocycles. The van der Waals surface area contributed by atoms with Crippen molar-refractivity contribution in [3.63, 3.8) is 0 Å². The number of methoxy groups -OCH3 is 1. The maximum absolute atomic E-state index is 11.6. The molecule has 0 fully saturated rings. The van der Waals surface area contributed by atoms with Crippen molar-refractivity contribution >= 4 is 11.7 Å². The summed E-state index contributed by atoms with van der Waals surface area (Å²) in [5.74, 6) is -0.0979. The molecule has 0 heterocycles. The van der Waals surface area contributed by atoms with E-state index in [0.717, 1.165) is 0 Å². The Kier molecular flexibility index (Phi) is 4.60. The normalized spacial score (nSPS) is 9.88. The minimum atomic E-state index is -0.481. The van der Waals surface area contributed by atoms with E-state index in [-0.39, 0.29) is 13.2 Å². The molecule has 3 N–H and O–H groups in total. The van der Waals surface area contributed by atoms with Gasteiger partial charge in [0.15, 0.2) is 0 Å². The van der Waals surface area contributed by atoms with Gasteiger partial charge in [-0.25, -0.2) is 4.79 Å². The van der Waals surface area contributed by atoms with Gasteiger partial charge in [0.25, 0.3) is 0 Å². The molecule has 0 saturated heterocycles. The Labute approximate surface area is 93.8 Å². The van der Waals surface area contributed by atoms with Gasteiger partial charge in [0, 0.05) is 24.8 Å². The van der Waals surface area contributed by atoms with Crippen LogP contribution in [0.3, 0.4) is 0 Å². The fraction of sp³-hybridized carbons (Fsp3) is 0.364. The highest BCUT2D eigenvalue weighted by Gasteiger charge is 2.13. The summed E-state index contributed by atoms with van der Waals surface area (Å²) in [6.07, 6.45) is 0.420. The summed E-state index contributed by atoms with van der Waals surface area (Å²) in [7, 11) is 1.46. The van der Waals surface area contributed by atoms with E-state index in [2.05, 4.69) is 0 Å². The highest BCUT2D eigenvalue weighted by molar-refractivity contribution is 5.93. The van der Waals surface area contributed by atoms with E-state index >= 15 is 0 Å². The molecule has 0 radical (unpaired) electrons. The zero-order chi connectivity index (χ0) is 12.0. The van der Waals surface area contributed by atoms with Crippen molar-refractivity contribution in [3.8, 4) is 5.75 Å². The van der Waals surface area contributed by atoms with E-state index in [4.69, 9.17) is 20.3 Å². The number of carbonyl (C=O) groups is 1. The zero-order valence-electron chi connectivity index (χ0n) is 9.10. The summed E-state index contributed by atoms with van der Waals surface area (Å²) in [5.41, 5.74) is 6.41. The first-order valence-electron chi connectivity index (χ1n) is 4.90. The van der Waals surface area contributed by atoms with Crippen molar-refractivity contribution in [2.75, 3.05) is 26.1 Å². The summed E-state index contributed by atoms with van der Waals surface area (Å²) in [6, 6.07) is 4.71. The van der Waals surface area contributed by atoms with E-state index in [1.807, 2.05) is 0 Å². The molecule has 0 saturated carbocycles. The Hall–Kier alpha value is -1.75. The Balaban J connectivity index is 2.74. The molecule has 0 spiro atoms. The number of aliphatic hydroxyl groups excluding tert-OH is 1. The standard InChI is InChI=1S/C11H15NO4/c1-15-10-7-8(12)3-4-9(10)11(14)16-6-2-5-13/h3-4,7,13H,2,5-6,12H2,1H3. The van der Waals surface area contributed by atoms with Gasteiger partial charge in [0.05, 0.1) is 13.7 Å². The maximum Gasteiger partial charge on any atom is 0.341 e. The molecule has 0 aromatic heterocycles. The number of carbonyl (C=O) groups excluding carboxylic acids is 1. The molecule has 5 heteroatoms. The zero-order valence-corrected chi connectivity index (χ0v) is 9.10. The lowest BCUT2D eigenvalue weighted by atomic mass is 10.2. The van der Waals surface area contributed by atoms with Crippen molar-refractivity contribution in [1.82, 2.24) is 0 Å². The molecule has 88 valence electrons.